The molecule has 1 aliphatic carbocycles. The van der Waals surface area contributed by atoms with Crippen molar-refractivity contribution >= 4 is 15.9 Å². The molecule has 1 saturated carbocycles. The maximum absolute atomic E-state index is 12.9. The van der Waals surface area contributed by atoms with Gasteiger partial charge in [-0.25, -0.2) is 12.8 Å². The van der Waals surface area contributed by atoms with E-state index < -0.39 is 10.0 Å². The Morgan fingerprint density at radius 3 is 2.38 bits per heavy atom. The zero-order valence-electron chi connectivity index (χ0n) is 11.5. The molecule has 1 aromatic rings. The van der Waals surface area contributed by atoms with E-state index in [-0.39, 0.29) is 23.5 Å². The summed E-state index contributed by atoms with van der Waals surface area (Å²) in [5.41, 5.74) is 0.836. The van der Waals surface area contributed by atoms with Crippen LogP contribution in [0, 0.1) is 5.82 Å². The van der Waals surface area contributed by atoms with Crippen LogP contribution in [0.25, 0.3) is 0 Å². The number of rotatable bonds is 4. The van der Waals surface area contributed by atoms with Crippen molar-refractivity contribution in [3.63, 3.8) is 0 Å². The van der Waals surface area contributed by atoms with Crippen molar-refractivity contribution in [1.82, 2.24) is 9.21 Å². The van der Waals surface area contributed by atoms with E-state index in [9.17, 15) is 17.6 Å². The second-order valence-electron chi connectivity index (χ2n) is 5.52. The molecule has 114 valence electrons. The fourth-order valence-corrected chi connectivity index (χ4v) is 4.24. The summed E-state index contributed by atoms with van der Waals surface area (Å²) in [4.78, 5) is 13.7. The molecule has 0 N–H and O–H groups in total. The minimum Gasteiger partial charge on any atom is -0.336 e. The molecule has 1 aliphatic heterocycles. The largest absolute Gasteiger partial charge is 0.336 e. The monoisotopic (exact) mass is 312 g/mol. The highest BCUT2D eigenvalue weighted by molar-refractivity contribution is 7.90. The van der Waals surface area contributed by atoms with Crippen LogP contribution in [-0.4, -0.2) is 48.4 Å². The van der Waals surface area contributed by atoms with Crippen molar-refractivity contribution in [3.05, 3.63) is 35.6 Å². The summed E-state index contributed by atoms with van der Waals surface area (Å²) in [6, 6.07) is 5.98. The molecule has 1 aromatic carbocycles. The van der Waals surface area contributed by atoms with E-state index in [0.717, 1.165) is 5.56 Å². The summed E-state index contributed by atoms with van der Waals surface area (Å²) in [7, 11) is -3.29. The quantitative estimate of drug-likeness (QED) is 0.832. The van der Waals surface area contributed by atoms with Crippen LogP contribution in [-0.2, 0) is 21.4 Å². The van der Waals surface area contributed by atoms with Gasteiger partial charge in [0.2, 0.25) is 15.9 Å². The number of nitrogens with zero attached hydrogens (tertiary/aromatic N) is 2. The van der Waals surface area contributed by atoms with E-state index in [1.54, 1.807) is 17.0 Å². The van der Waals surface area contributed by atoms with Gasteiger partial charge >= 0.3 is 0 Å². The Balaban J connectivity index is 1.63. The predicted octanol–water partition coefficient (Wildman–Crippen LogP) is 0.962. The topological polar surface area (TPSA) is 57.7 Å². The van der Waals surface area contributed by atoms with Gasteiger partial charge in [-0.2, -0.15) is 4.31 Å². The number of amides is 1. The number of halogens is 1. The zero-order valence-corrected chi connectivity index (χ0v) is 12.4. The highest BCUT2D eigenvalue weighted by atomic mass is 32.2. The van der Waals surface area contributed by atoms with Gasteiger partial charge in [0.05, 0.1) is 11.8 Å². The number of piperazine rings is 1. The van der Waals surface area contributed by atoms with Gasteiger partial charge in [0.25, 0.3) is 0 Å². The molecule has 3 rings (SSSR count). The van der Waals surface area contributed by atoms with Crippen LogP contribution in [0.3, 0.4) is 0 Å². The van der Waals surface area contributed by atoms with Gasteiger partial charge in [0.1, 0.15) is 5.82 Å². The molecule has 0 bridgehead atoms. The Bertz CT molecular complexity index is 641. The summed E-state index contributed by atoms with van der Waals surface area (Å²) in [6.07, 6.45) is 1.40. The Morgan fingerprint density at radius 2 is 1.81 bits per heavy atom. The van der Waals surface area contributed by atoms with E-state index >= 15 is 0 Å². The van der Waals surface area contributed by atoms with Crippen molar-refractivity contribution in [1.29, 1.82) is 0 Å². The summed E-state index contributed by atoms with van der Waals surface area (Å²) in [5.74, 6) is -0.514. The van der Waals surface area contributed by atoms with Gasteiger partial charge in [-0.15, -0.1) is 0 Å². The Labute approximate surface area is 123 Å². The normalized spacial score (nSPS) is 20.8. The third-order valence-electron chi connectivity index (χ3n) is 3.88. The molecule has 1 amide bonds. The molecule has 0 aromatic heterocycles. The van der Waals surface area contributed by atoms with Crippen LogP contribution in [0.5, 0.6) is 0 Å². The van der Waals surface area contributed by atoms with Crippen LogP contribution in [0.15, 0.2) is 24.3 Å². The summed E-state index contributed by atoms with van der Waals surface area (Å²) in [5, 5.41) is -0.283. The first-order valence-electron chi connectivity index (χ1n) is 6.98. The smallest absolute Gasteiger partial charge is 0.238 e. The summed E-state index contributed by atoms with van der Waals surface area (Å²) >= 11 is 0. The molecular weight excluding hydrogens is 295 g/mol. The minimum absolute atomic E-state index is 0.0833. The van der Waals surface area contributed by atoms with E-state index in [2.05, 4.69) is 0 Å². The van der Waals surface area contributed by atoms with E-state index in [0.29, 0.717) is 32.5 Å². The number of sulfonamides is 1. The summed E-state index contributed by atoms with van der Waals surface area (Å²) < 4.78 is 38.4. The van der Waals surface area contributed by atoms with Crippen LogP contribution < -0.4 is 0 Å². The molecule has 0 spiro atoms. The van der Waals surface area contributed by atoms with Gasteiger partial charge in [-0.3, -0.25) is 4.79 Å². The lowest BCUT2D eigenvalue weighted by molar-refractivity contribution is -0.134. The Kier molecular flexibility index (Phi) is 3.71. The number of carbonyl (C=O) groups excluding carboxylic acids is 1. The van der Waals surface area contributed by atoms with E-state index in [1.807, 2.05) is 0 Å². The lowest BCUT2D eigenvalue weighted by Crippen LogP contribution is -2.52. The number of benzene rings is 1. The SMILES string of the molecule is O=C1CN(S(=O)(=O)C2CC2)CCN1Cc1ccc(F)cc1. The first-order chi connectivity index (χ1) is 9.96. The van der Waals surface area contributed by atoms with E-state index in [4.69, 9.17) is 0 Å². The molecule has 2 aliphatic rings. The van der Waals surface area contributed by atoms with Gasteiger partial charge < -0.3 is 4.90 Å². The lowest BCUT2D eigenvalue weighted by Gasteiger charge is -2.33. The first kappa shape index (κ1) is 14.5. The van der Waals surface area contributed by atoms with Gasteiger partial charge in [0.15, 0.2) is 0 Å². The van der Waals surface area contributed by atoms with E-state index in [1.165, 1.54) is 16.4 Å². The molecule has 1 saturated heterocycles. The lowest BCUT2D eigenvalue weighted by atomic mass is 10.2. The van der Waals surface area contributed by atoms with Gasteiger partial charge in [-0.1, -0.05) is 12.1 Å². The molecule has 0 unspecified atom stereocenters. The molecule has 5 nitrogen and oxygen atoms in total. The second-order valence-corrected chi connectivity index (χ2v) is 7.73. The highest BCUT2D eigenvalue weighted by Crippen LogP contribution is 2.31. The number of hydrogen-bond acceptors (Lipinski definition) is 3. The average Bonchev–Trinajstić information content (AvgIpc) is 3.28. The number of carbonyl (C=O) groups is 1. The van der Waals surface area contributed by atoms with Crippen molar-refractivity contribution < 1.29 is 17.6 Å². The third-order valence-corrected chi connectivity index (χ3v) is 6.22. The maximum Gasteiger partial charge on any atom is 0.238 e. The maximum atomic E-state index is 12.9. The van der Waals surface area contributed by atoms with Gasteiger partial charge in [0, 0.05) is 19.6 Å². The van der Waals surface area contributed by atoms with Crippen molar-refractivity contribution in [2.45, 2.75) is 24.6 Å². The zero-order chi connectivity index (χ0) is 15.0. The molecular formula is C14H17FN2O3S. The van der Waals surface area contributed by atoms with Crippen LogP contribution in [0.2, 0.25) is 0 Å². The van der Waals surface area contributed by atoms with Crippen LogP contribution >= 0.6 is 0 Å². The molecule has 21 heavy (non-hydrogen) atoms. The van der Waals surface area contributed by atoms with Crippen molar-refractivity contribution in [2.24, 2.45) is 0 Å². The summed E-state index contributed by atoms with van der Waals surface area (Å²) in [6.45, 7) is 1.02. The van der Waals surface area contributed by atoms with Crippen LogP contribution in [0.1, 0.15) is 18.4 Å². The third kappa shape index (κ3) is 3.08. The predicted molar refractivity (Wildman–Crippen MR) is 75.3 cm³/mol. The molecule has 0 radical (unpaired) electrons. The molecule has 2 fully saturated rings. The number of hydrogen-bond donors (Lipinski definition) is 0. The fraction of sp³-hybridized carbons (Fsp3) is 0.500. The fourth-order valence-electron chi connectivity index (χ4n) is 2.46. The Hall–Kier alpha value is -1.47. The minimum atomic E-state index is -3.29. The molecule has 0 atom stereocenters. The molecule has 7 heteroatoms. The van der Waals surface area contributed by atoms with Crippen LogP contribution in [0.4, 0.5) is 4.39 Å². The molecule has 1 heterocycles. The highest BCUT2D eigenvalue weighted by Gasteiger charge is 2.42. The Morgan fingerprint density at radius 1 is 1.14 bits per heavy atom. The average molecular weight is 312 g/mol. The standard InChI is InChI=1S/C14H17FN2O3S/c15-12-3-1-11(2-4-12)9-16-7-8-17(10-14(16)18)21(19,20)13-5-6-13/h1-4,13H,5-10H2. The van der Waals surface area contributed by atoms with Crippen molar-refractivity contribution in [3.8, 4) is 0 Å². The first-order valence-corrected chi connectivity index (χ1v) is 8.48. The van der Waals surface area contributed by atoms with Crippen molar-refractivity contribution in [2.75, 3.05) is 19.6 Å². The van der Waals surface area contributed by atoms with Gasteiger partial charge in [-0.05, 0) is 30.5 Å². The second kappa shape index (κ2) is 5.38.